The first kappa shape index (κ1) is 18.5. The molecule has 1 fully saturated rings. The van der Waals surface area contributed by atoms with Crippen LogP contribution in [0.3, 0.4) is 0 Å². The lowest BCUT2D eigenvalue weighted by Gasteiger charge is -2.22. The highest BCUT2D eigenvalue weighted by Gasteiger charge is 2.32. The van der Waals surface area contributed by atoms with Crippen molar-refractivity contribution in [3.63, 3.8) is 0 Å². The van der Waals surface area contributed by atoms with Crippen molar-refractivity contribution in [3.05, 3.63) is 65.2 Å². The third kappa shape index (κ3) is 4.47. The summed E-state index contributed by atoms with van der Waals surface area (Å²) in [7, 11) is 0. The third-order valence-electron chi connectivity index (χ3n) is 4.77. The van der Waals surface area contributed by atoms with Gasteiger partial charge >= 0.3 is 0 Å². The van der Waals surface area contributed by atoms with E-state index in [-0.39, 0.29) is 30.1 Å². The number of likely N-dealkylation sites (tertiary alicyclic amines) is 1. The molecule has 0 spiro atoms. The molecule has 138 valence electrons. The molecule has 0 radical (unpaired) electrons. The molecule has 26 heavy (non-hydrogen) atoms. The maximum atomic E-state index is 14.5. The summed E-state index contributed by atoms with van der Waals surface area (Å²) in [5.41, 5.74) is 1.23. The Morgan fingerprint density at radius 1 is 1.23 bits per heavy atom. The molecule has 1 aliphatic rings. The van der Waals surface area contributed by atoms with E-state index >= 15 is 0 Å². The fourth-order valence-electron chi connectivity index (χ4n) is 3.49. The van der Waals surface area contributed by atoms with Gasteiger partial charge in [-0.15, -0.1) is 0 Å². The normalized spacial score (nSPS) is 20.3. The van der Waals surface area contributed by atoms with Crippen molar-refractivity contribution in [2.45, 2.75) is 39.5 Å². The Morgan fingerprint density at radius 2 is 2.04 bits per heavy atom. The van der Waals surface area contributed by atoms with Gasteiger partial charge in [0.15, 0.2) is 0 Å². The van der Waals surface area contributed by atoms with E-state index < -0.39 is 0 Å². The van der Waals surface area contributed by atoms with Gasteiger partial charge in [0.1, 0.15) is 29.8 Å². The second kappa shape index (κ2) is 7.96. The molecule has 1 aliphatic heterocycles. The predicted octanol–water partition coefficient (Wildman–Crippen LogP) is 4.34. The largest absolute Gasteiger partial charge is 0.489 e. The number of halogens is 2. The zero-order valence-electron chi connectivity index (χ0n) is 15.0. The second-order valence-electron chi connectivity index (χ2n) is 7.07. The minimum absolute atomic E-state index is 0.129. The molecule has 2 atom stereocenters. The van der Waals surface area contributed by atoms with Gasteiger partial charge in [0.2, 0.25) is 0 Å². The quantitative estimate of drug-likeness (QED) is 0.768. The molecule has 0 bridgehead atoms. The topological polar surface area (TPSA) is 29.5 Å². The van der Waals surface area contributed by atoms with Crippen LogP contribution in [0.25, 0.3) is 0 Å². The fraction of sp³-hybridized carbons (Fsp3) is 0.381. The smallest absolute Gasteiger partial charge is 0.146 e. The Hall–Kier alpha value is -2.27. The summed E-state index contributed by atoms with van der Waals surface area (Å²) in [6.45, 7) is 5.07. The first-order chi connectivity index (χ1) is 12.4. The Morgan fingerprint density at radius 3 is 2.73 bits per heavy atom. The predicted molar refractivity (Wildman–Crippen MR) is 95.8 cm³/mol. The molecule has 0 amide bonds. The average Bonchev–Trinajstić information content (AvgIpc) is 2.96. The van der Waals surface area contributed by atoms with Crippen molar-refractivity contribution >= 4 is 5.78 Å². The number of hydrogen-bond donors (Lipinski definition) is 0. The van der Waals surface area contributed by atoms with E-state index in [1.165, 1.54) is 18.2 Å². The fourth-order valence-corrected chi connectivity index (χ4v) is 3.49. The Balaban J connectivity index is 1.65. The Kier molecular flexibility index (Phi) is 5.67. The van der Waals surface area contributed by atoms with Crippen LogP contribution in [-0.4, -0.2) is 23.3 Å². The molecule has 1 heterocycles. The zero-order valence-corrected chi connectivity index (χ0v) is 15.0. The molecule has 5 heteroatoms. The van der Waals surface area contributed by atoms with Crippen LogP contribution in [0.15, 0.2) is 42.5 Å². The van der Waals surface area contributed by atoms with E-state index in [2.05, 4.69) is 6.92 Å². The minimum Gasteiger partial charge on any atom is -0.489 e. The van der Waals surface area contributed by atoms with E-state index in [4.69, 9.17) is 4.74 Å². The summed E-state index contributed by atoms with van der Waals surface area (Å²) < 4.78 is 33.2. The Bertz CT molecular complexity index is 793. The van der Waals surface area contributed by atoms with Gasteiger partial charge in [-0.3, -0.25) is 9.69 Å². The van der Waals surface area contributed by atoms with Crippen molar-refractivity contribution in [1.82, 2.24) is 4.90 Å². The molecule has 0 N–H and O–H groups in total. The van der Waals surface area contributed by atoms with E-state index in [0.29, 0.717) is 29.3 Å². The van der Waals surface area contributed by atoms with Crippen LogP contribution >= 0.6 is 0 Å². The van der Waals surface area contributed by atoms with Gasteiger partial charge in [0, 0.05) is 24.7 Å². The molecule has 0 saturated carbocycles. The Labute approximate surface area is 152 Å². The highest BCUT2D eigenvalue weighted by atomic mass is 19.1. The molecule has 3 rings (SSSR count). The summed E-state index contributed by atoms with van der Waals surface area (Å²) in [5, 5.41) is 0. The molecule has 1 saturated heterocycles. The van der Waals surface area contributed by atoms with Crippen LogP contribution in [0.5, 0.6) is 5.75 Å². The number of ketones is 1. The molecular formula is C21H23F2NO2. The van der Waals surface area contributed by atoms with E-state index in [1.54, 1.807) is 31.2 Å². The lowest BCUT2D eigenvalue weighted by molar-refractivity contribution is -0.121. The molecule has 0 aliphatic carbocycles. The van der Waals surface area contributed by atoms with Crippen LogP contribution in [0.1, 0.15) is 31.4 Å². The first-order valence-electron chi connectivity index (χ1n) is 8.82. The van der Waals surface area contributed by atoms with E-state index in [9.17, 15) is 13.6 Å². The summed E-state index contributed by atoms with van der Waals surface area (Å²) in [6, 6.07) is 10.7. The molecule has 0 aromatic heterocycles. The summed E-state index contributed by atoms with van der Waals surface area (Å²) in [5.74, 6) is 0.273. The highest BCUT2D eigenvalue weighted by Crippen LogP contribution is 2.27. The SMILES string of the molecule is CC(=O)[C@@H]1C[C@H](C)CN1Cc1ccc(OCc2cccc(F)c2)cc1F. The number of ether oxygens (including phenoxy) is 1. The van der Waals surface area contributed by atoms with Gasteiger partial charge in [0.05, 0.1) is 6.04 Å². The number of benzene rings is 2. The summed E-state index contributed by atoms with van der Waals surface area (Å²) in [4.78, 5) is 13.8. The highest BCUT2D eigenvalue weighted by molar-refractivity contribution is 5.81. The third-order valence-corrected chi connectivity index (χ3v) is 4.77. The number of carbonyl (C=O) groups is 1. The molecule has 3 nitrogen and oxygen atoms in total. The number of hydrogen-bond acceptors (Lipinski definition) is 3. The van der Waals surface area contributed by atoms with Crippen molar-refractivity contribution in [2.24, 2.45) is 5.92 Å². The molecule has 0 unspecified atom stereocenters. The summed E-state index contributed by atoms with van der Waals surface area (Å²) >= 11 is 0. The monoisotopic (exact) mass is 359 g/mol. The van der Waals surface area contributed by atoms with Gasteiger partial charge in [-0.25, -0.2) is 8.78 Å². The van der Waals surface area contributed by atoms with Gasteiger partial charge in [0.25, 0.3) is 0 Å². The standard InChI is InChI=1S/C21H23F2NO2/c1-14-8-21(15(2)25)24(11-14)12-17-6-7-19(10-20(17)23)26-13-16-4-3-5-18(22)9-16/h3-7,9-10,14,21H,8,11-13H2,1-2H3/t14-,21-/m0/s1. The maximum absolute atomic E-state index is 14.5. The second-order valence-corrected chi connectivity index (χ2v) is 7.07. The van der Waals surface area contributed by atoms with Crippen LogP contribution in [-0.2, 0) is 17.9 Å². The van der Waals surface area contributed by atoms with Gasteiger partial charge in [-0.2, -0.15) is 0 Å². The number of nitrogens with zero attached hydrogens (tertiary/aromatic N) is 1. The van der Waals surface area contributed by atoms with Crippen LogP contribution < -0.4 is 4.74 Å². The minimum atomic E-state index is -0.358. The number of carbonyl (C=O) groups excluding carboxylic acids is 1. The number of Topliss-reactive ketones (excluding diaryl/α,β-unsaturated/α-hetero) is 1. The van der Waals surface area contributed by atoms with Gasteiger partial charge in [-0.1, -0.05) is 25.1 Å². The molecule has 2 aromatic carbocycles. The average molecular weight is 359 g/mol. The first-order valence-corrected chi connectivity index (χ1v) is 8.82. The van der Waals surface area contributed by atoms with Crippen molar-refractivity contribution < 1.29 is 18.3 Å². The lowest BCUT2D eigenvalue weighted by atomic mass is 10.1. The van der Waals surface area contributed by atoms with Crippen molar-refractivity contribution in [1.29, 1.82) is 0 Å². The zero-order chi connectivity index (χ0) is 18.7. The maximum Gasteiger partial charge on any atom is 0.146 e. The van der Waals surface area contributed by atoms with Gasteiger partial charge in [-0.05, 0) is 43.0 Å². The van der Waals surface area contributed by atoms with Crippen LogP contribution in [0.2, 0.25) is 0 Å². The lowest BCUT2D eigenvalue weighted by Crippen LogP contribution is -2.34. The van der Waals surface area contributed by atoms with Crippen molar-refractivity contribution in [3.8, 4) is 5.75 Å². The van der Waals surface area contributed by atoms with E-state index in [1.807, 2.05) is 4.90 Å². The van der Waals surface area contributed by atoms with E-state index in [0.717, 1.165) is 13.0 Å². The van der Waals surface area contributed by atoms with Crippen molar-refractivity contribution in [2.75, 3.05) is 6.54 Å². The molecule has 2 aromatic rings. The van der Waals surface area contributed by atoms with Crippen LogP contribution in [0.4, 0.5) is 8.78 Å². The van der Waals surface area contributed by atoms with Crippen LogP contribution in [0, 0.1) is 17.6 Å². The molecular weight excluding hydrogens is 336 g/mol. The van der Waals surface area contributed by atoms with Gasteiger partial charge < -0.3 is 4.74 Å². The summed E-state index contributed by atoms with van der Waals surface area (Å²) in [6.07, 6.45) is 0.825. The number of rotatable bonds is 6.